The zero-order valence-electron chi connectivity index (χ0n) is 20.7. The lowest BCUT2D eigenvalue weighted by Gasteiger charge is -2.43. The standard InChI is InChI=1S/C26H35N3O8/c27-29-28-11-12-32-13-14-33-15-16-34-26-25(36-19-21-9-5-2-6-10-21)24(23(31)22(17-30)37-26)35-18-20-7-3-1-4-8-20/h1-10,22-26,30-31H,11-19H2/t22-,23+,24+,25-,26?/m1/s1. The minimum absolute atomic E-state index is 0.189. The molecule has 1 aliphatic rings. The molecule has 0 bridgehead atoms. The Morgan fingerprint density at radius 2 is 1.35 bits per heavy atom. The summed E-state index contributed by atoms with van der Waals surface area (Å²) in [7, 11) is 0. The average molecular weight is 518 g/mol. The molecule has 0 aliphatic carbocycles. The Hall–Kier alpha value is -2.57. The summed E-state index contributed by atoms with van der Waals surface area (Å²) < 4.78 is 34.9. The van der Waals surface area contributed by atoms with Gasteiger partial charge in [0.2, 0.25) is 0 Å². The van der Waals surface area contributed by atoms with Gasteiger partial charge in [0.1, 0.15) is 24.4 Å². The molecule has 5 atom stereocenters. The molecule has 0 amide bonds. The van der Waals surface area contributed by atoms with Crippen LogP contribution >= 0.6 is 0 Å². The van der Waals surface area contributed by atoms with Gasteiger partial charge >= 0.3 is 0 Å². The van der Waals surface area contributed by atoms with Crippen molar-refractivity contribution in [1.29, 1.82) is 0 Å². The van der Waals surface area contributed by atoms with Gasteiger partial charge in [0.25, 0.3) is 0 Å². The van der Waals surface area contributed by atoms with Crippen molar-refractivity contribution in [2.45, 2.75) is 43.9 Å². The molecule has 1 fully saturated rings. The highest BCUT2D eigenvalue weighted by Gasteiger charge is 2.47. The second kappa shape index (κ2) is 17.0. The van der Waals surface area contributed by atoms with Crippen molar-refractivity contribution in [2.24, 2.45) is 5.11 Å². The second-order valence-corrected chi connectivity index (χ2v) is 8.29. The normalized spacial score (nSPS) is 23.5. The smallest absolute Gasteiger partial charge is 0.187 e. The van der Waals surface area contributed by atoms with E-state index in [1.165, 1.54) is 0 Å². The molecular weight excluding hydrogens is 482 g/mol. The molecule has 11 heteroatoms. The van der Waals surface area contributed by atoms with E-state index in [1.807, 2.05) is 60.7 Å². The summed E-state index contributed by atoms with van der Waals surface area (Å²) in [5.74, 6) is 0. The molecule has 1 saturated heterocycles. The summed E-state index contributed by atoms with van der Waals surface area (Å²) in [6.45, 7) is 1.88. The average Bonchev–Trinajstić information content (AvgIpc) is 2.94. The maximum Gasteiger partial charge on any atom is 0.187 e. The zero-order valence-corrected chi connectivity index (χ0v) is 20.7. The molecule has 0 saturated carbocycles. The Labute approximate surface area is 216 Å². The fourth-order valence-corrected chi connectivity index (χ4v) is 3.77. The van der Waals surface area contributed by atoms with E-state index in [2.05, 4.69) is 10.0 Å². The number of benzene rings is 2. The van der Waals surface area contributed by atoms with Crippen LogP contribution in [0.25, 0.3) is 10.4 Å². The van der Waals surface area contributed by atoms with Crippen molar-refractivity contribution in [1.82, 2.24) is 0 Å². The first-order chi connectivity index (χ1) is 18.2. The zero-order chi connectivity index (χ0) is 26.1. The Kier molecular flexibility index (Phi) is 13.3. The molecule has 1 unspecified atom stereocenters. The minimum Gasteiger partial charge on any atom is -0.394 e. The van der Waals surface area contributed by atoms with E-state index in [-0.39, 0.29) is 33.0 Å². The van der Waals surface area contributed by atoms with E-state index in [1.54, 1.807) is 0 Å². The molecule has 2 aromatic carbocycles. The van der Waals surface area contributed by atoms with Crippen molar-refractivity contribution in [3.63, 3.8) is 0 Å². The van der Waals surface area contributed by atoms with Gasteiger partial charge in [-0.2, -0.15) is 0 Å². The molecule has 202 valence electrons. The number of hydrogen-bond donors (Lipinski definition) is 2. The third kappa shape index (κ3) is 10.0. The Bertz CT molecular complexity index is 917. The Morgan fingerprint density at radius 3 is 1.95 bits per heavy atom. The number of rotatable bonds is 17. The number of aliphatic hydroxyl groups excluding tert-OH is 2. The summed E-state index contributed by atoms with van der Waals surface area (Å²) in [5.41, 5.74) is 10.1. The molecule has 1 aliphatic heterocycles. The van der Waals surface area contributed by atoms with Gasteiger partial charge in [0.15, 0.2) is 6.29 Å². The van der Waals surface area contributed by atoms with Crippen LogP contribution < -0.4 is 0 Å². The summed E-state index contributed by atoms with van der Waals surface area (Å²) in [6, 6.07) is 19.2. The van der Waals surface area contributed by atoms with Crippen molar-refractivity contribution >= 4 is 0 Å². The number of hydrogen-bond acceptors (Lipinski definition) is 9. The maximum absolute atomic E-state index is 10.9. The summed E-state index contributed by atoms with van der Waals surface area (Å²) >= 11 is 0. The molecule has 0 aromatic heterocycles. The molecule has 2 aromatic rings. The lowest BCUT2D eigenvalue weighted by Crippen LogP contribution is -2.61. The Morgan fingerprint density at radius 1 is 0.784 bits per heavy atom. The van der Waals surface area contributed by atoms with Crippen molar-refractivity contribution in [3.05, 3.63) is 82.2 Å². The molecule has 37 heavy (non-hydrogen) atoms. The van der Waals surface area contributed by atoms with Crippen LogP contribution in [0.2, 0.25) is 0 Å². The topological polar surface area (TPSA) is 145 Å². The van der Waals surface area contributed by atoms with Crippen LogP contribution in [0.3, 0.4) is 0 Å². The maximum atomic E-state index is 10.9. The van der Waals surface area contributed by atoms with E-state index in [9.17, 15) is 10.2 Å². The second-order valence-electron chi connectivity index (χ2n) is 8.29. The highest BCUT2D eigenvalue weighted by molar-refractivity contribution is 5.14. The largest absolute Gasteiger partial charge is 0.394 e. The number of nitrogens with zero attached hydrogens (tertiary/aromatic N) is 3. The summed E-state index contributed by atoms with van der Waals surface area (Å²) in [5, 5.41) is 24.1. The molecule has 11 nitrogen and oxygen atoms in total. The quantitative estimate of drug-likeness (QED) is 0.141. The number of azide groups is 1. The molecule has 1 heterocycles. The van der Waals surface area contributed by atoms with E-state index in [0.717, 1.165) is 11.1 Å². The number of aliphatic hydroxyl groups is 2. The van der Waals surface area contributed by atoms with E-state index >= 15 is 0 Å². The first kappa shape index (κ1) is 29.0. The molecular formula is C26H35N3O8. The van der Waals surface area contributed by atoms with Gasteiger partial charge in [-0.3, -0.25) is 0 Å². The number of ether oxygens (including phenoxy) is 6. The van der Waals surface area contributed by atoms with Gasteiger partial charge < -0.3 is 38.6 Å². The van der Waals surface area contributed by atoms with Crippen molar-refractivity contribution in [3.8, 4) is 0 Å². The molecule has 0 radical (unpaired) electrons. The van der Waals surface area contributed by atoms with Crippen LogP contribution in [-0.4, -0.2) is 87.1 Å². The predicted molar refractivity (Wildman–Crippen MR) is 133 cm³/mol. The van der Waals surface area contributed by atoms with E-state index in [4.69, 9.17) is 34.0 Å². The van der Waals surface area contributed by atoms with Crippen LogP contribution in [0.1, 0.15) is 11.1 Å². The first-order valence-corrected chi connectivity index (χ1v) is 12.3. The highest BCUT2D eigenvalue weighted by atomic mass is 16.7. The third-order valence-electron chi connectivity index (χ3n) is 5.65. The fourth-order valence-electron chi connectivity index (χ4n) is 3.77. The highest BCUT2D eigenvalue weighted by Crippen LogP contribution is 2.28. The predicted octanol–water partition coefficient (Wildman–Crippen LogP) is 2.60. The first-order valence-electron chi connectivity index (χ1n) is 12.3. The lowest BCUT2D eigenvalue weighted by atomic mass is 9.98. The van der Waals surface area contributed by atoms with Crippen LogP contribution in [0.15, 0.2) is 65.8 Å². The van der Waals surface area contributed by atoms with Crippen LogP contribution in [0, 0.1) is 0 Å². The van der Waals surface area contributed by atoms with Crippen molar-refractivity contribution in [2.75, 3.05) is 46.2 Å². The van der Waals surface area contributed by atoms with E-state index < -0.39 is 37.3 Å². The molecule has 2 N–H and O–H groups in total. The third-order valence-corrected chi connectivity index (χ3v) is 5.65. The van der Waals surface area contributed by atoms with Gasteiger partial charge in [-0.15, -0.1) is 0 Å². The van der Waals surface area contributed by atoms with Crippen molar-refractivity contribution < 1.29 is 38.6 Å². The van der Waals surface area contributed by atoms with Gasteiger partial charge in [-0.1, -0.05) is 65.8 Å². The van der Waals surface area contributed by atoms with Crippen LogP contribution in [-0.2, 0) is 41.6 Å². The summed E-state index contributed by atoms with van der Waals surface area (Å²) in [6.07, 6.45) is -4.47. The lowest BCUT2D eigenvalue weighted by molar-refractivity contribution is -0.320. The van der Waals surface area contributed by atoms with Gasteiger partial charge in [-0.05, 0) is 16.7 Å². The van der Waals surface area contributed by atoms with Crippen LogP contribution in [0.5, 0.6) is 0 Å². The SMILES string of the molecule is [N-]=[N+]=NCCOCCOCCOC1O[C@H](CO)[C@H](O)[C@H](OCc2ccccc2)[C@H]1OCc1ccccc1. The minimum atomic E-state index is -1.12. The van der Waals surface area contributed by atoms with E-state index in [0.29, 0.717) is 19.8 Å². The fraction of sp³-hybridized carbons (Fsp3) is 0.538. The summed E-state index contributed by atoms with van der Waals surface area (Å²) in [4.78, 5) is 2.66. The molecule has 3 rings (SSSR count). The monoisotopic (exact) mass is 517 g/mol. The Balaban J connectivity index is 1.58. The van der Waals surface area contributed by atoms with Gasteiger partial charge in [-0.25, -0.2) is 0 Å². The van der Waals surface area contributed by atoms with Crippen LogP contribution in [0.4, 0.5) is 0 Å². The van der Waals surface area contributed by atoms with Gasteiger partial charge in [0.05, 0.1) is 52.9 Å². The van der Waals surface area contributed by atoms with Gasteiger partial charge in [0, 0.05) is 11.5 Å². The molecule has 0 spiro atoms.